The Bertz CT molecular complexity index is 1330. The van der Waals surface area contributed by atoms with Crippen molar-refractivity contribution in [2.75, 3.05) is 44.2 Å². The van der Waals surface area contributed by atoms with Crippen molar-refractivity contribution in [3.8, 4) is 0 Å². The van der Waals surface area contributed by atoms with E-state index >= 15 is 0 Å². The molecule has 3 aromatic carbocycles. The maximum Gasteiger partial charge on any atom is 0.240 e. The molecule has 0 radical (unpaired) electrons. The smallest absolute Gasteiger partial charge is 0.240 e. The summed E-state index contributed by atoms with van der Waals surface area (Å²) >= 11 is 0. The van der Waals surface area contributed by atoms with Gasteiger partial charge in [0.25, 0.3) is 0 Å². The first kappa shape index (κ1) is 22.2. The lowest BCUT2D eigenvalue weighted by Crippen LogP contribution is -2.48. The molecule has 4 aromatic rings. The Balaban J connectivity index is 1.20. The molecule has 1 fully saturated rings. The second-order valence-corrected chi connectivity index (χ2v) is 8.97. The number of carbonyl (C=O) groups excluding carboxylic acids is 1. The summed E-state index contributed by atoms with van der Waals surface area (Å²) in [5, 5.41) is 4.36. The zero-order valence-electron chi connectivity index (χ0n) is 19.5. The molecule has 34 heavy (non-hydrogen) atoms. The number of aryl methyl sites for hydroxylation is 1. The van der Waals surface area contributed by atoms with Crippen molar-refractivity contribution in [2.45, 2.75) is 13.5 Å². The number of hydrogen-bond donors (Lipinski definition) is 1. The molecule has 6 heteroatoms. The number of para-hydroxylation sites is 2. The highest BCUT2D eigenvalue weighted by Crippen LogP contribution is 2.19. The van der Waals surface area contributed by atoms with Crippen LogP contribution in [0.1, 0.15) is 5.56 Å². The number of piperazine rings is 1. The number of fused-ring (bicyclic) bond motifs is 2. The Morgan fingerprint density at radius 3 is 2.15 bits per heavy atom. The standard InChI is InChI=1S/C28H30N4O2/c1-21-7-6-8-22(19-21)31-17-15-30(16-18-31)14-13-29-27(33)20-32-25-11-4-2-9-23(25)28(34)24-10-3-5-12-26(24)32/h2-12,19H,13-18,20H2,1H3,(H,29,33). The van der Waals surface area contributed by atoms with Crippen LogP contribution in [0.2, 0.25) is 0 Å². The third-order valence-electron chi connectivity index (χ3n) is 6.67. The zero-order valence-corrected chi connectivity index (χ0v) is 19.5. The van der Waals surface area contributed by atoms with Crippen molar-refractivity contribution in [2.24, 2.45) is 0 Å². The fourth-order valence-corrected chi connectivity index (χ4v) is 4.85. The molecule has 1 aromatic heterocycles. The van der Waals surface area contributed by atoms with Crippen LogP contribution in [0.5, 0.6) is 0 Å². The van der Waals surface area contributed by atoms with Crippen LogP contribution in [-0.4, -0.2) is 54.6 Å². The summed E-state index contributed by atoms with van der Waals surface area (Å²) in [6, 6.07) is 23.7. The predicted octanol–water partition coefficient (Wildman–Crippen LogP) is 3.40. The second-order valence-electron chi connectivity index (χ2n) is 8.97. The third-order valence-corrected chi connectivity index (χ3v) is 6.67. The van der Waals surface area contributed by atoms with Gasteiger partial charge in [-0.3, -0.25) is 14.5 Å². The SMILES string of the molecule is Cc1cccc(N2CCN(CCNC(=O)Cn3c4ccccc4c(=O)c4ccccc43)CC2)c1. The van der Waals surface area contributed by atoms with Crippen LogP contribution in [0.15, 0.2) is 77.6 Å². The van der Waals surface area contributed by atoms with E-state index < -0.39 is 0 Å². The quantitative estimate of drug-likeness (QED) is 0.454. The lowest BCUT2D eigenvalue weighted by atomic mass is 10.1. The molecule has 5 rings (SSSR count). The maximum atomic E-state index is 12.9. The summed E-state index contributed by atoms with van der Waals surface area (Å²) in [6.45, 7) is 7.71. The molecule has 1 aliphatic heterocycles. The van der Waals surface area contributed by atoms with E-state index in [0.29, 0.717) is 17.3 Å². The number of rotatable bonds is 6. The van der Waals surface area contributed by atoms with Gasteiger partial charge in [0.2, 0.25) is 5.91 Å². The number of pyridine rings is 1. The molecule has 2 heterocycles. The Hall–Kier alpha value is -3.64. The summed E-state index contributed by atoms with van der Waals surface area (Å²) in [5.74, 6) is -0.0441. The van der Waals surface area contributed by atoms with Gasteiger partial charge in [0, 0.05) is 55.7 Å². The van der Waals surface area contributed by atoms with Crippen LogP contribution in [0.3, 0.4) is 0 Å². The van der Waals surface area contributed by atoms with Gasteiger partial charge in [0.1, 0.15) is 6.54 Å². The van der Waals surface area contributed by atoms with Crippen LogP contribution in [0, 0.1) is 6.92 Å². The minimum atomic E-state index is -0.0441. The van der Waals surface area contributed by atoms with Gasteiger partial charge in [-0.2, -0.15) is 0 Å². The van der Waals surface area contributed by atoms with Gasteiger partial charge in [0.05, 0.1) is 11.0 Å². The Labute approximate surface area is 199 Å². The Kier molecular flexibility index (Phi) is 6.32. The molecular weight excluding hydrogens is 424 g/mol. The molecule has 1 aliphatic rings. The molecule has 0 aliphatic carbocycles. The van der Waals surface area contributed by atoms with Crippen molar-refractivity contribution >= 4 is 33.4 Å². The summed E-state index contributed by atoms with van der Waals surface area (Å²) in [7, 11) is 0. The van der Waals surface area contributed by atoms with Gasteiger partial charge in [-0.25, -0.2) is 0 Å². The molecule has 174 valence electrons. The highest BCUT2D eigenvalue weighted by Gasteiger charge is 2.17. The van der Waals surface area contributed by atoms with Crippen molar-refractivity contribution < 1.29 is 4.79 Å². The van der Waals surface area contributed by atoms with E-state index in [2.05, 4.69) is 46.3 Å². The van der Waals surface area contributed by atoms with E-state index in [1.165, 1.54) is 11.3 Å². The summed E-state index contributed by atoms with van der Waals surface area (Å²) in [4.78, 5) is 30.6. The van der Waals surface area contributed by atoms with E-state index in [1.807, 2.05) is 53.1 Å². The van der Waals surface area contributed by atoms with Crippen LogP contribution in [0.25, 0.3) is 21.8 Å². The first-order chi connectivity index (χ1) is 16.6. The molecule has 0 saturated carbocycles. The zero-order chi connectivity index (χ0) is 23.5. The number of benzene rings is 3. The summed E-state index contributed by atoms with van der Waals surface area (Å²) in [6.07, 6.45) is 0. The predicted molar refractivity (Wildman–Crippen MR) is 139 cm³/mol. The van der Waals surface area contributed by atoms with Gasteiger partial charge in [-0.1, -0.05) is 36.4 Å². The normalized spacial score (nSPS) is 14.6. The van der Waals surface area contributed by atoms with Crippen LogP contribution >= 0.6 is 0 Å². The van der Waals surface area contributed by atoms with Crippen LogP contribution in [0.4, 0.5) is 5.69 Å². The topological polar surface area (TPSA) is 57.6 Å². The van der Waals surface area contributed by atoms with Gasteiger partial charge in [-0.15, -0.1) is 0 Å². The van der Waals surface area contributed by atoms with E-state index in [9.17, 15) is 9.59 Å². The highest BCUT2D eigenvalue weighted by molar-refractivity contribution is 5.94. The summed E-state index contributed by atoms with van der Waals surface area (Å²) in [5.41, 5.74) is 4.15. The molecule has 0 bridgehead atoms. The minimum Gasteiger partial charge on any atom is -0.369 e. The fourth-order valence-electron chi connectivity index (χ4n) is 4.85. The van der Waals surface area contributed by atoms with E-state index in [1.54, 1.807) is 0 Å². The van der Waals surface area contributed by atoms with Gasteiger partial charge in [0.15, 0.2) is 5.43 Å². The number of aromatic nitrogens is 1. The number of amides is 1. The molecule has 1 saturated heterocycles. The van der Waals surface area contributed by atoms with E-state index in [-0.39, 0.29) is 17.9 Å². The van der Waals surface area contributed by atoms with Gasteiger partial charge < -0.3 is 14.8 Å². The lowest BCUT2D eigenvalue weighted by Gasteiger charge is -2.36. The maximum absolute atomic E-state index is 12.9. The van der Waals surface area contributed by atoms with Crippen LogP contribution < -0.4 is 15.6 Å². The molecule has 0 atom stereocenters. The molecule has 0 spiro atoms. The van der Waals surface area contributed by atoms with Crippen molar-refractivity contribution in [3.05, 3.63) is 88.6 Å². The minimum absolute atomic E-state index is 0.00710. The first-order valence-electron chi connectivity index (χ1n) is 11.9. The third kappa shape index (κ3) is 4.54. The number of nitrogens with zero attached hydrogens (tertiary/aromatic N) is 3. The number of nitrogens with one attached hydrogen (secondary N) is 1. The Morgan fingerprint density at radius 2 is 1.50 bits per heavy atom. The molecule has 1 N–H and O–H groups in total. The highest BCUT2D eigenvalue weighted by atomic mass is 16.2. The fraction of sp³-hybridized carbons (Fsp3) is 0.286. The number of anilines is 1. The lowest BCUT2D eigenvalue weighted by molar-refractivity contribution is -0.121. The average Bonchev–Trinajstić information content (AvgIpc) is 2.87. The van der Waals surface area contributed by atoms with Crippen molar-refractivity contribution in [1.29, 1.82) is 0 Å². The van der Waals surface area contributed by atoms with E-state index in [0.717, 1.165) is 43.8 Å². The second kappa shape index (κ2) is 9.69. The molecule has 0 unspecified atom stereocenters. The molecule has 6 nitrogen and oxygen atoms in total. The number of hydrogen-bond acceptors (Lipinski definition) is 4. The van der Waals surface area contributed by atoms with E-state index in [4.69, 9.17) is 0 Å². The summed E-state index contributed by atoms with van der Waals surface area (Å²) < 4.78 is 1.95. The van der Waals surface area contributed by atoms with Crippen LogP contribution in [-0.2, 0) is 11.3 Å². The van der Waals surface area contributed by atoms with Crippen molar-refractivity contribution in [1.82, 2.24) is 14.8 Å². The molecular formula is C28H30N4O2. The van der Waals surface area contributed by atoms with Crippen molar-refractivity contribution in [3.63, 3.8) is 0 Å². The van der Waals surface area contributed by atoms with Gasteiger partial charge >= 0.3 is 0 Å². The first-order valence-corrected chi connectivity index (χ1v) is 11.9. The number of carbonyl (C=O) groups is 1. The van der Waals surface area contributed by atoms with Gasteiger partial charge in [-0.05, 0) is 48.9 Å². The monoisotopic (exact) mass is 454 g/mol. The average molecular weight is 455 g/mol. The molecule has 1 amide bonds. The largest absolute Gasteiger partial charge is 0.369 e. The Morgan fingerprint density at radius 1 is 0.853 bits per heavy atom.